The Balaban J connectivity index is 1.75. The van der Waals surface area contributed by atoms with E-state index in [0.717, 1.165) is 25.1 Å². The number of unbranched alkanes of at least 4 members (excludes halogenated alkanes) is 1. The highest BCUT2D eigenvalue weighted by Gasteiger charge is 2.06. The van der Waals surface area contributed by atoms with Gasteiger partial charge in [0.15, 0.2) is 0 Å². The number of rotatable bonds is 31. The topological polar surface area (TPSA) is 112 Å². The number of carbonyl (C=O) groups is 1. The fraction of sp³-hybridized carbons (Fsp3) is 0.700. The van der Waals surface area contributed by atoms with Gasteiger partial charge in [-0.1, -0.05) is 19.4 Å². The van der Waals surface area contributed by atoms with Crippen LogP contribution in [0.5, 0.6) is 0 Å². The molecule has 0 radical (unpaired) electrons. The van der Waals surface area contributed by atoms with Crippen molar-refractivity contribution in [1.29, 1.82) is 0 Å². The normalized spacial score (nSPS) is 11.0. The van der Waals surface area contributed by atoms with Crippen molar-refractivity contribution in [2.75, 3.05) is 124 Å². The summed E-state index contributed by atoms with van der Waals surface area (Å²) in [7, 11) is 0. The summed E-state index contributed by atoms with van der Waals surface area (Å²) < 4.78 is 48.5. The van der Waals surface area contributed by atoms with E-state index in [1.54, 1.807) is 18.2 Å². The second-order valence-corrected chi connectivity index (χ2v) is 8.64. The third-order valence-electron chi connectivity index (χ3n) is 5.28. The molecule has 0 atom stereocenters. The third kappa shape index (κ3) is 24.2. The molecule has 0 saturated heterocycles. The maximum absolute atomic E-state index is 12.1. The Labute approximate surface area is 245 Å². The van der Waals surface area contributed by atoms with E-state index >= 15 is 0 Å². The largest absolute Gasteiger partial charge is 0.460 e. The molecule has 1 aromatic rings. The lowest BCUT2D eigenvalue weighted by Crippen LogP contribution is -2.15. The molecule has 11 heteroatoms. The smallest absolute Gasteiger partial charge is 0.338 e. The number of hydrogen-bond donors (Lipinski definition) is 1. The van der Waals surface area contributed by atoms with E-state index < -0.39 is 0 Å². The summed E-state index contributed by atoms with van der Waals surface area (Å²) in [5.41, 5.74) is 1.52. The van der Waals surface area contributed by atoms with Gasteiger partial charge in [0.05, 0.1) is 111 Å². The standard InChI is InChI=1S/C30H51NO10/c1-3-5-10-31-29-8-6-28(7-9-29)30(32)41-27-26-40-25-24-39-23-22-38-21-20-37-19-18-36-17-16-35-15-14-34-13-12-33-11-4-2/h4,6-9,31H,2-3,5,10-27H2,1H3. The lowest BCUT2D eigenvalue weighted by atomic mass is 10.2. The molecule has 0 aliphatic rings. The number of benzene rings is 1. The van der Waals surface area contributed by atoms with Gasteiger partial charge in [0.1, 0.15) is 6.61 Å². The highest BCUT2D eigenvalue weighted by atomic mass is 16.6. The highest BCUT2D eigenvalue weighted by Crippen LogP contribution is 2.10. The number of nitrogens with one attached hydrogen (secondary N) is 1. The van der Waals surface area contributed by atoms with Crippen LogP contribution in [0.2, 0.25) is 0 Å². The van der Waals surface area contributed by atoms with E-state index in [2.05, 4.69) is 18.8 Å². The maximum atomic E-state index is 12.1. The second kappa shape index (κ2) is 29.4. The summed E-state index contributed by atoms with van der Waals surface area (Å²) in [4.78, 5) is 12.1. The molecule has 1 rings (SSSR count). The molecule has 236 valence electrons. The summed E-state index contributed by atoms with van der Waals surface area (Å²) in [6.45, 7) is 14.7. The minimum atomic E-state index is -0.358. The van der Waals surface area contributed by atoms with Crippen LogP contribution in [0, 0.1) is 0 Å². The van der Waals surface area contributed by atoms with Crippen LogP contribution in [0.3, 0.4) is 0 Å². The molecule has 0 fully saturated rings. The fourth-order valence-electron chi connectivity index (χ4n) is 3.12. The molecule has 0 aliphatic heterocycles. The molecule has 0 spiro atoms. The Kier molecular flexibility index (Phi) is 26.5. The molecular weight excluding hydrogens is 534 g/mol. The van der Waals surface area contributed by atoms with Crippen molar-refractivity contribution >= 4 is 11.7 Å². The van der Waals surface area contributed by atoms with E-state index in [1.807, 2.05) is 12.1 Å². The quantitative estimate of drug-likeness (QED) is 0.0786. The molecular formula is C30H51NO10. The van der Waals surface area contributed by atoms with Crippen LogP contribution in [-0.4, -0.2) is 125 Å². The summed E-state index contributed by atoms with van der Waals surface area (Å²) in [6, 6.07) is 7.29. The van der Waals surface area contributed by atoms with E-state index in [9.17, 15) is 4.79 Å². The molecule has 11 nitrogen and oxygen atoms in total. The van der Waals surface area contributed by atoms with Crippen LogP contribution in [-0.2, 0) is 42.6 Å². The minimum absolute atomic E-state index is 0.195. The van der Waals surface area contributed by atoms with Crippen LogP contribution in [0.25, 0.3) is 0 Å². The van der Waals surface area contributed by atoms with Crippen molar-refractivity contribution in [1.82, 2.24) is 0 Å². The molecule has 0 saturated carbocycles. The molecule has 0 bridgehead atoms. The van der Waals surface area contributed by atoms with E-state index in [4.69, 9.17) is 42.6 Å². The number of anilines is 1. The summed E-state index contributed by atoms with van der Waals surface area (Å²) in [6.07, 6.45) is 3.96. The van der Waals surface area contributed by atoms with Gasteiger partial charge >= 0.3 is 5.97 Å². The Morgan fingerprint density at radius 3 is 1.41 bits per heavy atom. The SMILES string of the molecule is C=CCOCCOCCOCCOCCOCCOCCOCCOCCOC(=O)c1ccc(NCCCC)cc1. The van der Waals surface area contributed by atoms with Gasteiger partial charge in [0, 0.05) is 12.2 Å². The molecule has 0 amide bonds. The summed E-state index contributed by atoms with van der Waals surface area (Å²) in [5.74, 6) is -0.358. The Bertz CT molecular complexity index is 720. The maximum Gasteiger partial charge on any atom is 0.338 e. The van der Waals surface area contributed by atoms with Gasteiger partial charge in [-0.3, -0.25) is 0 Å². The molecule has 1 N–H and O–H groups in total. The molecule has 0 aromatic heterocycles. The lowest BCUT2D eigenvalue weighted by molar-refractivity contribution is -0.0239. The predicted molar refractivity (Wildman–Crippen MR) is 157 cm³/mol. The number of esters is 1. The van der Waals surface area contributed by atoms with Gasteiger partial charge in [-0.05, 0) is 30.7 Å². The second-order valence-electron chi connectivity index (χ2n) is 8.64. The van der Waals surface area contributed by atoms with Crippen molar-refractivity contribution in [2.24, 2.45) is 0 Å². The van der Waals surface area contributed by atoms with Crippen molar-refractivity contribution in [3.8, 4) is 0 Å². The average molecular weight is 586 g/mol. The number of ether oxygens (including phenoxy) is 9. The summed E-state index contributed by atoms with van der Waals surface area (Å²) in [5, 5.41) is 3.32. The van der Waals surface area contributed by atoms with Crippen molar-refractivity contribution < 1.29 is 47.4 Å². The first kappa shape index (κ1) is 36.9. The zero-order chi connectivity index (χ0) is 29.5. The van der Waals surface area contributed by atoms with Gasteiger partial charge in [-0.15, -0.1) is 6.58 Å². The molecule has 41 heavy (non-hydrogen) atoms. The van der Waals surface area contributed by atoms with Gasteiger partial charge in [-0.25, -0.2) is 4.79 Å². The van der Waals surface area contributed by atoms with Crippen molar-refractivity contribution in [3.63, 3.8) is 0 Å². The van der Waals surface area contributed by atoms with E-state index in [1.165, 1.54) is 0 Å². The highest BCUT2D eigenvalue weighted by molar-refractivity contribution is 5.89. The third-order valence-corrected chi connectivity index (χ3v) is 5.28. The average Bonchev–Trinajstić information content (AvgIpc) is 2.99. The first-order valence-electron chi connectivity index (χ1n) is 14.5. The molecule has 1 aromatic carbocycles. The van der Waals surface area contributed by atoms with Crippen LogP contribution in [0.15, 0.2) is 36.9 Å². The Morgan fingerprint density at radius 1 is 0.634 bits per heavy atom. The fourth-order valence-corrected chi connectivity index (χ4v) is 3.12. The number of carbonyl (C=O) groups excluding carboxylic acids is 1. The zero-order valence-electron chi connectivity index (χ0n) is 24.8. The van der Waals surface area contributed by atoms with Crippen LogP contribution in [0.4, 0.5) is 5.69 Å². The summed E-state index contributed by atoms with van der Waals surface area (Å²) >= 11 is 0. The Morgan fingerprint density at radius 2 is 1.02 bits per heavy atom. The van der Waals surface area contributed by atoms with Crippen molar-refractivity contribution in [3.05, 3.63) is 42.5 Å². The van der Waals surface area contributed by atoms with E-state index in [-0.39, 0.29) is 12.6 Å². The van der Waals surface area contributed by atoms with Crippen LogP contribution >= 0.6 is 0 Å². The molecule has 0 aliphatic carbocycles. The van der Waals surface area contributed by atoms with Crippen LogP contribution < -0.4 is 5.32 Å². The minimum Gasteiger partial charge on any atom is -0.460 e. The van der Waals surface area contributed by atoms with Gasteiger partial charge in [-0.2, -0.15) is 0 Å². The molecule has 0 unspecified atom stereocenters. The van der Waals surface area contributed by atoms with Crippen molar-refractivity contribution in [2.45, 2.75) is 19.8 Å². The van der Waals surface area contributed by atoms with Gasteiger partial charge in [0.2, 0.25) is 0 Å². The van der Waals surface area contributed by atoms with Crippen LogP contribution in [0.1, 0.15) is 30.1 Å². The first-order valence-corrected chi connectivity index (χ1v) is 14.5. The van der Waals surface area contributed by atoms with Gasteiger partial charge < -0.3 is 47.9 Å². The zero-order valence-corrected chi connectivity index (χ0v) is 24.8. The lowest BCUT2D eigenvalue weighted by Gasteiger charge is -2.09. The molecule has 0 heterocycles. The predicted octanol–water partition coefficient (Wildman–Crippen LogP) is 3.37. The van der Waals surface area contributed by atoms with E-state index in [0.29, 0.717) is 111 Å². The monoisotopic (exact) mass is 585 g/mol. The first-order chi connectivity index (χ1) is 20.3. The Hall–Kier alpha value is -2.09. The number of hydrogen-bond acceptors (Lipinski definition) is 11. The van der Waals surface area contributed by atoms with Gasteiger partial charge in [0.25, 0.3) is 0 Å².